The van der Waals surface area contributed by atoms with Gasteiger partial charge < -0.3 is 19.9 Å². The van der Waals surface area contributed by atoms with Crippen LogP contribution in [0.4, 0.5) is 0 Å². The fourth-order valence-electron chi connectivity index (χ4n) is 4.29. The number of fused-ring (bicyclic) bond motifs is 1. The summed E-state index contributed by atoms with van der Waals surface area (Å²) in [4.78, 5) is 13.4. The third-order valence-corrected chi connectivity index (χ3v) is 8.18. The van der Waals surface area contributed by atoms with E-state index in [0.29, 0.717) is 17.7 Å². The Bertz CT molecular complexity index is 1220. The lowest BCUT2D eigenvalue weighted by Gasteiger charge is -2.22. The zero-order valence-corrected chi connectivity index (χ0v) is 19.4. The number of rotatable bonds is 10. The molecule has 0 bridgehead atoms. The van der Waals surface area contributed by atoms with Crippen molar-refractivity contribution in [2.45, 2.75) is 43.9 Å². The lowest BCUT2D eigenvalue weighted by Crippen LogP contribution is -2.50. The molecule has 1 amide bonds. The second kappa shape index (κ2) is 10.8. The van der Waals surface area contributed by atoms with Gasteiger partial charge in [0.05, 0.1) is 22.5 Å². The van der Waals surface area contributed by atoms with Gasteiger partial charge in [0.2, 0.25) is 5.91 Å². The van der Waals surface area contributed by atoms with Crippen LogP contribution in [0, 0.1) is 11.8 Å². The average molecular weight is 484 g/mol. The second-order valence-electron chi connectivity index (χ2n) is 8.99. The van der Waals surface area contributed by atoms with Crippen LogP contribution in [0.2, 0.25) is 0 Å². The van der Waals surface area contributed by atoms with Crippen molar-refractivity contribution in [1.82, 2.24) is 9.88 Å². The average Bonchev–Trinajstić information content (AvgIpc) is 3.53. The molecular weight excluding hydrogens is 451 g/mol. The molecule has 4 rings (SSSR count). The molecule has 9 heteroatoms. The molecule has 1 saturated carbocycles. The summed E-state index contributed by atoms with van der Waals surface area (Å²) in [5.74, 6) is -2.19. The summed E-state index contributed by atoms with van der Waals surface area (Å²) in [5, 5.41) is 22.9. The number of nitrogens with zero attached hydrogens (tertiary/aromatic N) is 1. The molecule has 2 aromatic carbocycles. The topological polar surface area (TPSA) is 109 Å². The van der Waals surface area contributed by atoms with Crippen LogP contribution >= 0.6 is 0 Å². The van der Waals surface area contributed by atoms with Gasteiger partial charge in [-0.05, 0) is 42.5 Å². The zero-order chi connectivity index (χ0) is 23.6. The van der Waals surface area contributed by atoms with Crippen LogP contribution in [0.3, 0.4) is 0 Å². The normalized spacial score (nSPS) is 15.4. The van der Waals surface area contributed by atoms with E-state index in [2.05, 4.69) is 5.32 Å². The van der Waals surface area contributed by atoms with Crippen LogP contribution < -0.4 is 5.32 Å². The van der Waals surface area contributed by atoms with E-state index >= 15 is 0 Å². The van der Waals surface area contributed by atoms with Crippen molar-refractivity contribution in [2.75, 3.05) is 5.75 Å². The first kappa shape index (κ1) is 26.0. The van der Waals surface area contributed by atoms with Crippen LogP contribution in [-0.4, -0.2) is 47.8 Å². The van der Waals surface area contributed by atoms with E-state index in [1.807, 2.05) is 54.2 Å². The molecule has 2 atom stereocenters. The number of sulfone groups is 1. The molecule has 0 radical (unpaired) electrons. The highest BCUT2D eigenvalue weighted by atomic mass is 32.2. The van der Waals surface area contributed by atoms with E-state index in [1.54, 1.807) is 18.2 Å². The number of carbonyl (C=O) groups excluding carboxylic acids is 1. The first-order valence-corrected chi connectivity index (χ1v) is 12.9. The van der Waals surface area contributed by atoms with Crippen LogP contribution in [0.5, 0.6) is 0 Å². The fraction of sp³-hybridized carbons (Fsp3) is 0.400. The molecule has 1 heterocycles. The first-order chi connectivity index (χ1) is 15.7. The zero-order valence-electron chi connectivity index (χ0n) is 18.6. The standard InChI is InChI=1S/C24H29BN2O5S.CH4/c1-27-13-12-20-21(27)8-5-9-22(20)33(31,32)16-19(14-17-6-3-2-4-7-17)24(28)26-23(25(29)30)15-18-10-11-18;/h2-9,12-13,18-19,23,29-30H,10-11,14-16H2,1H3,(H,26,28);1H4/t19-,23+;/m1./s1. The minimum atomic E-state index is -3.80. The molecule has 0 spiro atoms. The number of carbonyl (C=O) groups is 1. The molecule has 0 saturated heterocycles. The number of amides is 1. The molecule has 3 aromatic rings. The maximum Gasteiger partial charge on any atom is 0.475 e. The number of aryl methyl sites for hydroxylation is 1. The van der Waals surface area contributed by atoms with Crippen molar-refractivity contribution in [3.63, 3.8) is 0 Å². The minimum absolute atomic E-state index is 0. The number of benzene rings is 2. The summed E-state index contributed by atoms with van der Waals surface area (Å²) in [6.07, 6.45) is 4.51. The fourth-order valence-corrected chi connectivity index (χ4v) is 6.07. The van der Waals surface area contributed by atoms with Crippen LogP contribution in [0.15, 0.2) is 65.7 Å². The Morgan fingerprint density at radius 3 is 2.47 bits per heavy atom. The van der Waals surface area contributed by atoms with E-state index in [0.717, 1.165) is 23.9 Å². The highest BCUT2D eigenvalue weighted by Crippen LogP contribution is 2.34. The third kappa shape index (κ3) is 6.08. The maximum atomic E-state index is 13.5. The predicted molar refractivity (Wildman–Crippen MR) is 135 cm³/mol. The SMILES string of the molecule is C.Cn1ccc2c(S(=O)(=O)C[C@@H](Cc3ccccc3)C(=O)N[C@@H](CC3CC3)B(O)O)cccc21. The molecule has 3 N–H and O–H groups in total. The minimum Gasteiger partial charge on any atom is -0.426 e. The summed E-state index contributed by atoms with van der Waals surface area (Å²) in [6.45, 7) is 0. The molecule has 1 aliphatic rings. The molecule has 7 nitrogen and oxygen atoms in total. The summed E-state index contributed by atoms with van der Waals surface area (Å²) in [7, 11) is -3.64. The van der Waals surface area contributed by atoms with Crippen molar-refractivity contribution in [3.8, 4) is 0 Å². The lowest BCUT2D eigenvalue weighted by molar-refractivity contribution is -0.124. The van der Waals surface area contributed by atoms with E-state index in [4.69, 9.17) is 0 Å². The summed E-state index contributed by atoms with van der Waals surface area (Å²) < 4.78 is 28.8. The van der Waals surface area contributed by atoms with E-state index in [9.17, 15) is 23.3 Å². The predicted octanol–water partition coefficient (Wildman–Crippen LogP) is 2.74. The Labute approximate surface area is 201 Å². The molecule has 0 aliphatic heterocycles. The highest BCUT2D eigenvalue weighted by Gasteiger charge is 2.35. The third-order valence-electron chi connectivity index (χ3n) is 6.31. The Morgan fingerprint density at radius 1 is 1.12 bits per heavy atom. The number of hydrogen-bond acceptors (Lipinski definition) is 5. The number of hydrogen-bond donors (Lipinski definition) is 3. The molecule has 1 aromatic heterocycles. The van der Waals surface area contributed by atoms with Gasteiger partial charge in [-0.25, -0.2) is 8.42 Å². The van der Waals surface area contributed by atoms with E-state index < -0.39 is 34.7 Å². The Morgan fingerprint density at radius 2 is 1.82 bits per heavy atom. The lowest BCUT2D eigenvalue weighted by atomic mass is 9.76. The summed E-state index contributed by atoms with van der Waals surface area (Å²) in [6, 6.07) is 16.2. The van der Waals surface area contributed by atoms with Gasteiger partial charge in [-0.1, -0.05) is 56.7 Å². The van der Waals surface area contributed by atoms with Crippen molar-refractivity contribution in [1.29, 1.82) is 0 Å². The largest absolute Gasteiger partial charge is 0.475 e. The van der Waals surface area contributed by atoms with E-state index in [-0.39, 0.29) is 24.5 Å². The van der Waals surface area contributed by atoms with Crippen LogP contribution in [0.25, 0.3) is 10.9 Å². The van der Waals surface area contributed by atoms with Crippen molar-refractivity contribution >= 4 is 33.8 Å². The van der Waals surface area contributed by atoms with Crippen molar-refractivity contribution in [3.05, 3.63) is 66.4 Å². The van der Waals surface area contributed by atoms with Crippen LogP contribution in [-0.2, 0) is 28.1 Å². The molecule has 0 unspecified atom stereocenters. The molecule has 1 fully saturated rings. The van der Waals surface area contributed by atoms with Gasteiger partial charge in [-0.3, -0.25) is 4.79 Å². The first-order valence-electron chi connectivity index (χ1n) is 11.2. The summed E-state index contributed by atoms with van der Waals surface area (Å²) >= 11 is 0. The van der Waals surface area contributed by atoms with Gasteiger partial charge in [-0.2, -0.15) is 0 Å². The summed E-state index contributed by atoms with van der Waals surface area (Å²) in [5.41, 5.74) is 1.64. The number of aromatic nitrogens is 1. The van der Waals surface area contributed by atoms with Crippen molar-refractivity contribution in [2.24, 2.45) is 18.9 Å². The monoisotopic (exact) mass is 484 g/mol. The van der Waals surface area contributed by atoms with Gasteiger partial charge in [0.15, 0.2) is 9.84 Å². The Hall–Kier alpha value is -2.62. The quantitative estimate of drug-likeness (QED) is 0.384. The molecule has 182 valence electrons. The second-order valence-corrected chi connectivity index (χ2v) is 11.0. The van der Waals surface area contributed by atoms with Gasteiger partial charge in [0.25, 0.3) is 0 Å². The van der Waals surface area contributed by atoms with Crippen molar-refractivity contribution < 1.29 is 23.3 Å². The maximum absolute atomic E-state index is 13.5. The molecular formula is C25H33BN2O5S. The van der Waals surface area contributed by atoms with Gasteiger partial charge >= 0.3 is 7.12 Å². The van der Waals surface area contributed by atoms with E-state index in [1.165, 1.54) is 0 Å². The number of nitrogens with one attached hydrogen (secondary N) is 1. The molecule has 1 aliphatic carbocycles. The Balaban J connectivity index is 0.00000324. The van der Waals surface area contributed by atoms with Crippen LogP contribution in [0.1, 0.15) is 32.3 Å². The highest BCUT2D eigenvalue weighted by molar-refractivity contribution is 7.91. The van der Waals surface area contributed by atoms with Gasteiger partial charge in [-0.15, -0.1) is 0 Å². The smallest absolute Gasteiger partial charge is 0.426 e. The van der Waals surface area contributed by atoms with Gasteiger partial charge in [0, 0.05) is 24.1 Å². The Kier molecular flexibility index (Phi) is 8.23. The molecule has 34 heavy (non-hydrogen) atoms. The van der Waals surface area contributed by atoms with Gasteiger partial charge in [0.1, 0.15) is 0 Å².